The third-order valence-corrected chi connectivity index (χ3v) is 6.52. The van der Waals surface area contributed by atoms with E-state index in [2.05, 4.69) is 40.8 Å². The molecule has 0 aliphatic carbocycles. The van der Waals surface area contributed by atoms with Crippen LogP contribution in [0.5, 0.6) is 0 Å². The minimum Gasteiger partial charge on any atom is -0.357 e. The smallest absolute Gasteiger partial charge is 0.224 e. The molecule has 2 N–H and O–H groups in total. The fourth-order valence-electron chi connectivity index (χ4n) is 3.96. The Balaban J connectivity index is 1.44. The first-order valence-corrected chi connectivity index (χ1v) is 11.2. The van der Waals surface area contributed by atoms with Gasteiger partial charge in [0.2, 0.25) is 5.91 Å². The zero-order chi connectivity index (χ0) is 19.1. The third kappa shape index (κ3) is 5.45. The van der Waals surface area contributed by atoms with Crippen LogP contribution in [0.2, 0.25) is 0 Å². The van der Waals surface area contributed by atoms with Crippen LogP contribution >= 0.6 is 11.3 Å². The molecule has 27 heavy (non-hydrogen) atoms. The first kappa shape index (κ1) is 20.1. The van der Waals surface area contributed by atoms with Gasteiger partial charge in [0.1, 0.15) is 0 Å². The molecule has 1 aromatic heterocycles. The van der Waals surface area contributed by atoms with Gasteiger partial charge in [-0.25, -0.2) is 0 Å². The molecule has 0 radical (unpaired) electrons. The highest BCUT2D eigenvalue weighted by Gasteiger charge is 2.23. The van der Waals surface area contributed by atoms with Gasteiger partial charge in [-0.3, -0.25) is 14.7 Å². The summed E-state index contributed by atoms with van der Waals surface area (Å²) in [7, 11) is 0. The van der Waals surface area contributed by atoms with Crippen LogP contribution in [0.25, 0.3) is 0 Å². The second-order valence-corrected chi connectivity index (χ2v) is 8.26. The summed E-state index contributed by atoms with van der Waals surface area (Å²) in [5.41, 5.74) is 1.32. The number of likely N-dealkylation sites (tertiary alicyclic amines) is 1. The van der Waals surface area contributed by atoms with Gasteiger partial charge in [-0.1, -0.05) is 6.92 Å². The number of hydrogen-bond acceptors (Lipinski definition) is 4. The first-order chi connectivity index (χ1) is 13.2. The van der Waals surface area contributed by atoms with Gasteiger partial charge in [0.15, 0.2) is 5.96 Å². The number of fused-ring (bicyclic) bond motifs is 1. The fraction of sp³-hybridized carbons (Fsp3) is 0.700. The molecule has 2 aliphatic heterocycles. The number of guanidine groups is 1. The Morgan fingerprint density at radius 1 is 1.33 bits per heavy atom. The van der Waals surface area contributed by atoms with Gasteiger partial charge in [-0.15, -0.1) is 11.3 Å². The standard InChI is InChI=1S/C20H33N5OS/c1-3-21-20(23-14-17-6-5-11-24(17)4-2)22-10-7-19(26)25-12-8-18-16(15-25)9-13-27-18/h9,13,17H,3-8,10-12,14-15H2,1-2H3,(H2,21,22,23). The molecule has 0 bridgehead atoms. The van der Waals surface area contributed by atoms with E-state index in [1.807, 2.05) is 4.90 Å². The number of hydrogen-bond donors (Lipinski definition) is 2. The fourth-order valence-corrected chi connectivity index (χ4v) is 4.85. The zero-order valence-electron chi connectivity index (χ0n) is 16.7. The number of carbonyl (C=O) groups is 1. The van der Waals surface area contributed by atoms with E-state index < -0.39 is 0 Å². The van der Waals surface area contributed by atoms with Crippen LogP contribution < -0.4 is 10.6 Å². The molecule has 3 rings (SSSR count). The Kier molecular flexibility index (Phi) is 7.52. The predicted octanol–water partition coefficient (Wildman–Crippen LogP) is 2.06. The van der Waals surface area contributed by atoms with Crippen LogP contribution in [0.15, 0.2) is 16.4 Å². The SMILES string of the molecule is CCNC(=NCC1CCCN1CC)NCCC(=O)N1CCc2sccc2C1. The summed E-state index contributed by atoms with van der Waals surface area (Å²) >= 11 is 1.81. The van der Waals surface area contributed by atoms with Gasteiger partial charge in [-0.05, 0) is 56.3 Å². The van der Waals surface area contributed by atoms with Crippen molar-refractivity contribution in [2.75, 3.05) is 39.3 Å². The molecule has 150 valence electrons. The highest BCUT2D eigenvalue weighted by Crippen LogP contribution is 2.24. The molecule has 3 heterocycles. The highest BCUT2D eigenvalue weighted by atomic mass is 32.1. The van der Waals surface area contributed by atoms with E-state index in [0.29, 0.717) is 19.0 Å². The van der Waals surface area contributed by atoms with Crippen molar-refractivity contribution >= 4 is 23.2 Å². The lowest BCUT2D eigenvalue weighted by atomic mass is 10.1. The second-order valence-electron chi connectivity index (χ2n) is 7.26. The Morgan fingerprint density at radius 3 is 3.04 bits per heavy atom. The molecule has 0 aromatic carbocycles. The van der Waals surface area contributed by atoms with Crippen LogP contribution in [0.3, 0.4) is 0 Å². The summed E-state index contributed by atoms with van der Waals surface area (Å²) in [5, 5.41) is 8.76. The van der Waals surface area contributed by atoms with E-state index in [1.165, 1.54) is 29.8 Å². The van der Waals surface area contributed by atoms with Crippen molar-refractivity contribution < 1.29 is 4.79 Å². The lowest BCUT2D eigenvalue weighted by molar-refractivity contribution is -0.131. The molecule has 1 amide bonds. The second kappa shape index (κ2) is 10.1. The summed E-state index contributed by atoms with van der Waals surface area (Å²) in [4.78, 5) is 23.2. The van der Waals surface area contributed by atoms with Crippen LogP contribution in [-0.4, -0.2) is 67.0 Å². The molecule has 1 fully saturated rings. The molecule has 1 aromatic rings. The van der Waals surface area contributed by atoms with E-state index in [9.17, 15) is 4.79 Å². The number of likely N-dealkylation sites (N-methyl/N-ethyl adjacent to an activating group) is 1. The summed E-state index contributed by atoms with van der Waals surface area (Å²) in [5.74, 6) is 1.05. The minimum absolute atomic E-state index is 0.225. The van der Waals surface area contributed by atoms with E-state index >= 15 is 0 Å². The van der Waals surface area contributed by atoms with Gasteiger partial charge in [-0.2, -0.15) is 0 Å². The quantitative estimate of drug-likeness (QED) is 0.552. The zero-order valence-corrected chi connectivity index (χ0v) is 17.5. The van der Waals surface area contributed by atoms with Gasteiger partial charge >= 0.3 is 0 Å². The van der Waals surface area contributed by atoms with Crippen molar-refractivity contribution in [3.05, 3.63) is 21.9 Å². The van der Waals surface area contributed by atoms with Crippen LogP contribution in [0.1, 0.15) is 43.6 Å². The molecular weight excluding hydrogens is 358 g/mol. The number of nitrogens with zero attached hydrogens (tertiary/aromatic N) is 3. The van der Waals surface area contributed by atoms with E-state index in [4.69, 9.17) is 4.99 Å². The van der Waals surface area contributed by atoms with Gasteiger partial charge in [0.05, 0.1) is 6.54 Å². The van der Waals surface area contributed by atoms with E-state index in [1.54, 1.807) is 11.3 Å². The van der Waals surface area contributed by atoms with Crippen molar-refractivity contribution in [2.45, 2.75) is 52.1 Å². The van der Waals surface area contributed by atoms with Gasteiger partial charge in [0.25, 0.3) is 0 Å². The summed E-state index contributed by atoms with van der Waals surface area (Å²) in [6.45, 7) is 10.5. The van der Waals surface area contributed by atoms with Gasteiger partial charge in [0, 0.05) is 43.5 Å². The van der Waals surface area contributed by atoms with Crippen molar-refractivity contribution in [3.63, 3.8) is 0 Å². The van der Waals surface area contributed by atoms with Crippen molar-refractivity contribution in [1.29, 1.82) is 0 Å². The monoisotopic (exact) mass is 391 g/mol. The summed E-state index contributed by atoms with van der Waals surface area (Å²) in [6, 6.07) is 2.70. The molecule has 1 unspecified atom stereocenters. The van der Waals surface area contributed by atoms with Crippen molar-refractivity contribution in [2.24, 2.45) is 4.99 Å². The molecular formula is C20H33N5OS. The molecule has 0 spiro atoms. The minimum atomic E-state index is 0.225. The highest BCUT2D eigenvalue weighted by molar-refractivity contribution is 7.10. The summed E-state index contributed by atoms with van der Waals surface area (Å²) in [6.07, 6.45) is 4.00. The van der Waals surface area contributed by atoms with Crippen molar-refractivity contribution in [3.8, 4) is 0 Å². The maximum Gasteiger partial charge on any atom is 0.224 e. The van der Waals surface area contributed by atoms with Crippen molar-refractivity contribution in [1.82, 2.24) is 20.4 Å². The average Bonchev–Trinajstić information content (AvgIpc) is 3.33. The third-order valence-electron chi connectivity index (χ3n) is 5.50. The Morgan fingerprint density at radius 2 is 2.22 bits per heavy atom. The molecule has 1 atom stereocenters. The predicted molar refractivity (Wildman–Crippen MR) is 112 cm³/mol. The first-order valence-electron chi connectivity index (χ1n) is 10.3. The molecule has 2 aliphatic rings. The maximum atomic E-state index is 12.5. The number of rotatable bonds is 7. The number of carbonyl (C=O) groups excluding carboxylic acids is 1. The number of thiophene rings is 1. The lowest BCUT2D eigenvalue weighted by Crippen LogP contribution is -2.42. The largest absolute Gasteiger partial charge is 0.357 e. The van der Waals surface area contributed by atoms with Crippen LogP contribution in [0.4, 0.5) is 0 Å². The average molecular weight is 392 g/mol. The summed E-state index contributed by atoms with van der Waals surface area (Å²) < 4.78 is 0. The number of aliphatic imine (C=N–C) groups is 1. The van der Waals surface area contributed by atoms with Crippen LogP contribution in [0, 0.1) is 0 Å². The Bertz CT molecular complexity index is 644. The molecule has 6 nitrogen and oxygen atoms in total. The Labute approximate surface area is 167 Å². The molecule has 0 saturated carbocycles. The number of amides is 1. The lowest BCUT2D eigenvalue weighted by Gasteiger charge is -2.27. The van der Waals surface area contributed by atoms with Gasteiger partial charge < -0.3 is 15.5 Å². The number of nitrogens with one attached hydrogen (secondary N) is 2. The molecule has 1 saturated heterocycles. The van der Waals surface area contributed by atoms with E-state index in [-0.39, 0.29) is 5.91 Å². The normalized spacial score (nSPS) is 20.6. The van der Waals surface area contributed by atoms with Crippen LogP contribution in [-0.2, 0) is 17.8 Å². The topological polar surface area (TPSA) is 60.0 Å². The Hall–Kier alpha value is -1.60. The van der Waals surface area contributed by atoms with E-state index in [0.717, 1.165) is 45.1 Å². The molecule has 7 heteroatoms. The maximum absolute atomic E-state index is 12.5.